The van der Waals surface area contributed by atoms with Crippen molar-refractivity contribution >= 4 is 15.9 Å². The van der Waals surface area contributed by atoms with Crippen LogP contribution in [0.15, 0.2) is 24.8 Å². The van der Waals surface area contributed by atoms with Gasteiger partial charge in [-0.2, -0.15) is 0 Å². The standard InChI is InChI=1S/C20H26N6O4S/c1-14-10-23-15(11-22-14)12-24-18(27)17-13-25-9-6-21-19(25)20(30-17)4-7-26(8-5-20)31(28,29)16-2-3-16/h6,9-11,16-17H,2-5,7-8,12-13H2,1H3,(H,24,27). The molecule has 1 amide bonds. The molecular weight excluding hydrogens is 420 g/mol. The zero-order valence-corrected chi connectivity index (χ0v) is 18.2. The second kappa shape index (κ2) is 7.64. The van der Waals surface area contributed by atoms with Gasteiger partial charge in [0.1, 0.15) is 11.4 Å². The SMILES string of the molecule is Cc1cnc(CNC(=O)C2Cn3ccnc3C3(CCN(S(=O)(=O)C4CC4)CC3)O2)cn1. The molecule has 1 aliphatic carbocycles. The van der Waals surface area contributed by atoms with Crippen molar-refractivity contribution in [2.24, 2.45) is 0 Å². The summed E-state index contributed by atoms with van der Waals surface area (Å²) in [6, 6.07) is 0. The van der Waals surface area contributed by atoms with E-state index in [1.54, 1.807) is 22.9 Å². The number of aryl methyl sites for hydroxylation is 1. The van der Waals surface area contributed by atoms with E-state index >= 15 is 0 Å². The average Bonchev–Trinajstić information content (AvgIpc) is 3.52. The highest BCUT2D eigenvalue weighted by molar-refractivity contribution is 7.90. The van der Waals surface area contributed by atoms with Crippen LogP contribution >= 0.6 is 0 Å². The monoisotopic (exact) mass is 446 g/mol. The molecule has 166 valence electrons. The first kappa shape index (κ1) is 20.5. The van der Waals surface area contributed by atoms with Crippen molar-refractivity contribution < 1.29 is 17.9 Å². The summed E-state index contributed by atoms with van der Waals surface area (Å²) in [5, 5.41) is 2.66. The number of fused-ring (bicyclic) bond motifs is 2. The van der Waals surface area contributed by atoms with Crippen molar-refractivity contribution in [3.05, 3.63) is 42.0 Å². The van der Waals surface area contributed by atoms with Crippen LogP contribution in [0.4, 0.5) is 0 Å². The number of imidazole rings is 1. The zero-order valence-electron chi connectivity index (χ0n) is 17.4. The van der Waals surface area contributed by atoms with Gasteiger partial charge >= 0.3 is 0 Å². The Bertz CT molecular complexity index is 1070. The molecule has 0 aromatic carbocycles. The number of hydrogen-bond acceptors (Lipinski definition) is 7. The highest BCUT2D eigenvalue weighted by atomic mass is 32.2. The van der Waals surface area contributed by atoms with Crippen molar-refractivity contribution in [1.82, 2.24) is 29.1 Å². The average molecular weight is 447 g/mol. The second-order valence-corrected chi connectivity index (χ2v) is 10.7. The minimum absolute atomic E-state index is 0.223. The Morgan fingerprint density at radius 1 is 1.23 bits per heavy atom. The normalized spacial score (nSPS) is 23.5. The van der Waals surface area contributed by atoms with Crippen molar-refractivity contribution in [2.75, 3.05) is 13.1 Å². The molecule has 2 aromatic rings. The van der Waals surface area contributed by atoms with Gasteiger partial charge in [0.15, 0.2) is 6.10 Å². The van der Waals surface area contributed by atoms with Crippen LogP contribution in [-0.2, 0) is 38.2 Å². The maximum atomic E-state index is 12.9. The first-order valence-electron chi connectivity index (χ1n) is 10.6. The van der Waals surface area contributed by atoms with E-state index in [0.29, 0.717) is 38.2 Å². The summed E-state index contributed by atoms with van der Waals surface area (Å²) in [7, 11) is -3.22. The number of aromatic nitrogens is 4. The molecule has 31 heavy (non-hydrogen) atoms. The lowest BCUT2D eigenvalue weighted by Gasteiger charge is -2.45. The molecular formula is C20H26N6O4S. The fraction of sp³-hybridized carbons (Fsp3) is 0.600. The third-order valence-electron chi connectivity index (χ3n) is 6.26. The van der Waals surface area contributed by atoms with E-state index in [4.69, 9.17) is 4.74 Å². The molecule has 0 radical (unpaired) electrons. The Kier molecular flexibility index (Phi) is 5.06. The number of rotatable bonds is 5. The number of nitrogens with zero attached hydrogens (tertiary/aromatic N) is 5. The third-order valence-corrected chi connectivity index (χ3v) is 8.66. The van der Waals surface area contributed by atoms with E-state index in [9.17, 15) is 13.2 Å². The van der Waals surface area contributed by atoms with Crippen molar-refractivity contribution in [2.45, 2.75) is 62.7 Å². The van der Waals surface area contributed by atoms with Crippen LogP contribution in [0.3, 0.4) is 0 Å². The molecule has 11 heteroatoms. The van der Waals surface area contributed by atoms with Gasteiger partial charge in [-0.25, -0.2) is 17.7 Å². The van der Waals surface area contributed by atoms with E-state index in [0.717, 1.165) is 24.4 Å². The molecule has 3 aliphatic rings. The van der Waals surface area contributed by atoms with Gasteiger partial charge < -0.3 is 14.6 Å². The fourth-order valence-electron chi connectivity index (χ4n) is 4.36. The first-order chi connectivity index (χ1) is 14.9. The number of nitrogens with one attached hydrogen (secondary N) is 1. The van der Waals surface area contributed by atoms with Gasteiger partial charge in [0.05, 0.1) is 35.9 Å². The van der Waals surface area contributed by atoms with Crippen LogP contribution in [0.5, 0.6) is 0 Å². The number of sulfonamides is 1. The van der Waals surface area contributed by atoms with Crippen LogP contribution in [0, 0.1) is 6.92 Å². The number of ether oxygens (including phenoxy) is 1. The Morgan fingerprint density at radius 2 is 2.00 bits per heavy atom. The van der Waals surface area contributed by atoms with Crippen LogP contribution in [0.25, 0.3) is 0 Å². The Balaban J connectivity index is 1.29. The molecule has 1 atom stereocenters. The van der Waals surface area contributed by atoms with Crippen molar-refractivity contribution in [1.29, 1.82) is 0 Å². The Hall–Kier alpha value is -2.37. The molecule has 2 aromatic heterocycles. The van der Waals surface area contributed by atoms with Gasteiger partial charge in [0, 0.05) is 31.7 Å². The Labute approximate surface area is 181 Å². The maximum Gasteiger partial charge on any atom is 0.251 e. The number of carbonyl (C=O) groups is 1. The molecule has 1 N–H and O–H groups in total. The highest BCUT2D eigenvalue weighted by Gasteiger charge is 2.50. The summed E-state index contributed by atoms with van der Waals surface area (Å²) in [6.45, 7) is 3.24. The zero-order chi connectivity index (χ0) is 21.6. The van der Waals surface area contributed by atoms with Gasteiger partial charge in [-0.15, -0.1) is 0 Å². The highest BCUT2D eigenvalue weighted by Crippen LogP contribution is 2.42. The third kappa shape index (κ3) is 3.85. The molecule has 1 unspecified atom stereocenters. The minimum Gasteiger partial charge on any atom is -0.352 e. The summed E-state index contributed by atoms with van der Waals surface area (Å²) in [6.07, 6.45) is 8.61. The number of piperidine rings is 1. The van der Waals surface area contributed by atoms with Crippen LogP contribution in [-0.4, -0.2) is 62.6 Å². The lowest BCUT2D eigenvalue weighted by atomic mass is 9.89. The van der Waals surface area contributed by atoms with Gasteiger partial charge in [-0.05, 0) is 32.6 Å². The number of amides is 1. The largest absolute Gasteiger partial charge is 0.352 e. The minimum atomic E-state index is -3.22. The summed E-state index contributed by atoms with van der Waals surface area (Å²) in [5.74, 6) is 0.540. The van der Waals surface area contributed by atoms with Crippen LogP contribution in [0.2, 0.25) is 0 Å². The number of hydrogen-bond donors (Lipinski definition) is 1. The van der Waals surface area contributed by atoms with Gasteiger partial charge in [0.2, 0.25) is 10.0 Å². The summed E-state index contributed by atoms with van der Waals surface area (Å²) in [5.41, 5.74) is 0.727. The second-order valence-electron chi connectivity index (χ2n) is 8.51. The van der Waals surface area contributed by atoms with E-state index in [2.05, 4.69) is 20.3 Å². The van der Waals surface area contributed by atoms with Gasteiger partial charge in [0.25, 0.3) is 5.91 Å². The molecule has 0 bridgehead atoms. The molecule has 1 saturated carbocycles. The van der Waals surface area contributed by atoms with Gasteiger partial charge in [-0.1, -0.05) is 0 Å². The lowest BCUT2D eigenvalue weighted by molar-refractivity contribution is -0.171. The molecule has 10 nitrogen and oxygen atoms in total. The quantitative estimate of drug-likeness (QED) is 0.709. The van der Waals surface area contributed by atoms with Crippen LogP contribution < -0.4 is 5.32 Å². The topological polar surface area (TPSA) is 119 Å². The molecule has 1 spiro atoms. The molecule has 2 aliphatic heterocycles. The van der Waals surface area contributed by atoms with Crippen LogP contribution in [0.1, 0.15) is 42.9 Å². The summed E-state index contributed by atoms with van der Waals surface area (Å²) < 4.78 is 35.1. The van der Waals surface area contributed by atoms with E-state index in [1.807, 2.05) is 17.7 Å². The maximum absolute atomic E-state index is 12.9. The predicted octanol–water partition coefficient (Wildman–Crippen LogP) is 0.480. The van der Waals surface area contributed by atoms with Gasteiger partial charge in [-0.3, -0.25) is 14.8 Å². The Morgan fingerprint density at radius 3 is 2.68 bits per heavy atom. The van der Waals surface area contributed by atoms with E-state index in [1.165, 1.54) is 0 Å². The predicted molar refractivity (Wildman–Crippen MR) is 110 cm³/mol. The number of carbonyl (C=O) groups excluding carboxylic acids is 1. The van der Waals surface area contributed by atoms with Crippen molar-refractivity contribution in [3.8, 4) is 0 Å². The summed E-state index contributed by atoms with van der Waals surface area (Å²) >= 11 is 0. The van der Waals surface area contributed by atoms with E-state index in [-0.39, 0.29) is 17.7 Å². The fourth-order valence-corrected chi connectivity index (χ4v) is 6.20. The first-order valence-corrected chi connectivity index (χ1v) is 12.1. The molecule has 2 fully saturated rings. The summed E-state index contributed by atoms with van der Waals surface area (Å²) in [4.78, 5) is 25.8. The van der Waals surface area contributed by atoms with E-state index < -0.39 is 21.7 Å². The molecule has 5 rings (SSSR count). The molecule has 4 heterocycles. The smallest absolute Gasteiger partial charge is 0.251 e. The van der Waals surface area contributed by atoms with Crippen molar-refractivity contribution in [3.63, 3.8) is 0 Å². The lowest BCUT2D eigenvalue weighted by Crippen LogP contribution is -2.55. The molecule has 1 saturated heterocycles.